The highest BCUT2D eigenvalue weighted by atomic mass is 16.5. The van der Waals surface area contributed by atoms with Crippen LogP contribution in [0.1, 0.15) is 12.8 Å². The Kier molecular flexibility index (Phi) is 3.24. The lowest BCUT2D eigenvalue weighted by Crippen LogP contribution is -2.31. The Balaban J connectivity index is 1.80. The molecule has 1 saturated carbocycles. The van der Waals surface area contributed by atoms with Gasteiger partial charge < -0.3 is 15.4 Å². The smallest absolute Gasteiger partial charge is 0.239 e. The molecule has 86 valence electrons. The van der Waals surface area contributed by atoms with Crippen LogP contribution in [-0.2, 0) is 4.79 Å². The van der Waals surface area contributed by atoms with Gasteiger partial charge in [0.2, 0.25) is 11.8 Å². The van der Waals surface area contributed by atoms with Crippen molar-refractivity contribution in [2.45, 2.75) is 18.9 Å². The Morgan fingerprint density at radius 2 is 2.38 bits per heavy atom. The van der Waals surface area contributed by atoms with Crippen molar-refractivity contribution in [1.82, 2.24) is 10.3 Å². The number of nitrogens with one attached hydrogen (secondary N) is 2. The molecule has 0 radical (unpaired) electrons. The second-order valence-corrected chi connectivity index (χ2v) is 3.76. The fraction of sp³-hybridized carbons (Fsp3) is 0.455. The van der Waals surface area contributed by atoms with Gasteiger partial charge in [-0.05, 0) is 18.9 Å². The number of anilines is 1. The van der Waals surface area contributed by atoms with Gasteiger partial charge in [-0.25, -0.2) is 0 Å². The first kappa shape index (κ1) is 10.7. The molecule has 0 unspecified atom stereocenters. The fourth-order valence-corrected chi connectivity index (χ4v) is 1.30. The third-order valence-electron chi connectivity index (χ3n) is 2.31. The molecule has 0 spiro atoms. The van der Waals surface area contributed by atoms with E-state index in [-0.39, 0.29) is 12.5 Å². The summed E-state index contributed by atoms with van der Waals surface area (Å²) in [6.07, 6.45) is 2.20. The van der Waals surface area contributed by atoms with Crippen molar-refractivity contribution in [1.29, 1.82) is 0 Å². The summed E-state index contributed by atoms with van der Waals surface area (Å²) >= 11 is 0. The average molecular weight is 221 g/mol. The average Bonchev–Trinajstić information content (AvgIpc) is 3.10. The van der Waals surface area contributed by atoms with Gasteiger partial charge in [-0.2, -0.15) is 4.98 Å². The van der Waals surface area contributed by atoms with Crippen molar-refractivity contribution in [3.63, 3.8) is 0 Å². The SMILES string of the molecule is COc1cccc(NCC(=O)NC2CC2)n1. The monoisotopic (exact) mass is 221 g/mol. The molecule has 1 aromatic rings. The Morgan fingerprint density at radius 3 is 3.06 bits per heavy atom. The van der Waals surface area contributed by atoms with Crippen molar-refractivity contribution in [3.05, 3.63) is 18.2 Å². The molecule has 1 aromatic heterocycles. The molecule has 0 bridgehead atoms. The Morgan fingerprint density at radius 1 is 1.56 bits per heavy atom. The molecule has 2 N–H and O–H groups in total. The highest BCUT2D eigenvalue weighted by molar-refractivity contribution is 5.80. The number of rotatable bonds is 5. The first-order chi connectivity index (χ1) is 7.78. The van der Waals surface area contributed by atoms with Crippen LogP contribution in [0.2, 0.25) is 0 Å². The van der Waals surface area contributed by atoms with Gasteiger partial charge in [-0.15, -0.1) is 0 Å². The van der Waals surface area contributed by atoms with Gasteiger partial charge in [-0.3, -0.25) is 4.79 Å². The zero-order valence-corrected chi connectivity index (χ0v) is 9.19. The highest BCUT2D eigenvalue weighted by Crippen LogP contribution is 2.18. The predicted molar refractivity (Wildman–Crippen MR) is 60.4 cm³/mol. The van der Waals surface area contributed by atoms with Crippen molar-refractivity contribution in [3.8, 4) is 5.88 Å². The molecule has 0 saturated heterocycles. The summed E-state index contributed by atoms with van der Waals surface area (Å²) < 4.78 is 4.98. The van der Waals surface area contributed by atoms with Crippen LogP contribution in [0, 0.1) is 0 Å². The number of aromatic nitrogens is 1. The maximum atomic E-state index is 11.4. The van der Waals surface area contributed by atoms with Crippen LogP contribution >= 0.6 is 0 Å². The van der Waals surface area contributed by atoms with Gasteiger partial charge in [0, 0.05) is 12.1 Å². The number of hydrogen-bond acceptors (Lipinski definition) is 4. The van der Waals surface area contributed by atoms with Crippen LogP contribution in [0.15, 0.2) is 18.2 Å². The molecule has 16 heavy (non-hydrogen) atoms. The van der Waals surface area contributed by atoms with Crippen molar-refractivity contribution < 1.29 is 9.53 Å². The second kappa shape index (κ2) is 4.83. The van der Waals surface area contributed by atoms with E-state index >= 15 is 0 Å². The van der Waals surface area contributed by atoms with Crippen LogP contribution in [-0.4, -0.2) is 30.6 Å². The standard InChI is InChI=1S/C11H15N3O2/c1-16-11-4-2-3-9(14-11)12-7-10(15)13-8-5-6-8/h2-4,8H,5-7H2,1H3,(H,12,14)(H,13,15). The minimum Gasteiger partial charge on any atom is -0.481 e. The summed E-state index contributed by atoms with van der Waals surface area (Å²) in [5, 5.41) is 5.84. The number of carbonyl (C=O) groups excluding carboxylic acids is 1. The molecule has 5 heteroatoms. The van der Waals surface area contributed by atoms with Crippen molar-refractivity contribution >= 4 is 11.7 Å². The van der Waals surface area contributed by atoms with E-state index in [2.05, 4.69) is 15.6 Å². The van der Waals surface area contributed by atoms with E-state index in [1.165, 1.54) is 0 Å². The van der Waals surface area contributed by atoms with Gasteiger partial charge in [0.05, 0.1) is 13.7 Å². The Hall–Kier alpha value is -1.78. The molecule has 1 heterocycles. The third kappa shape index (κ3) is 3.12. The number of methoxy groups -OCH3 is 1. The summed E-state index contributed by atoms with van der Waals surface area (Å²) in [5.41, 5.74) is 0. The highest BCUT2D eigenvalue weighted by Gasteiger charge is 2.22. The number of pyridine rings is 1. The molecule has 0 atom stereocenters. The first-order valence-corrected chi connectivity index (χ1v) is 5.32. The number of nitrogens with zero attached hydrogens (tertiary/aromatic N) is 1. The molecule has 0 aromatic carbocycles. The molecular formula is C11H15N3O2. The normalized spacial score (nSPS) is 14.3. The maximum absolute atomic E-state index is 11.4. The van der Waals surface area contributed by atoms with Crippen LogP contribution in [0.25, 0.3) is 0 Å². The minimum atomic E-state index is 0.00659. The number of ether oxygens (including phenoxy) is 1. The van der Waals surface area contributed by atoms with E-state index in [0.29, 0.717) is 17.7 Å². The summed E-state index contributed by atoms with van der Waals surface area (Å²) in [5.74, 6) is 1.19. The predicted octanol–water partition coefficient (Wildman–Crippen LogP) is 0.781. The zero-order chi connectivity index (χ0) is 11.4. The lowest BCUT2D eigenvalue weighted by atomic mass is 10.4. The fourth-order valence-electron chi connectivity index (χ4n) is 1.30. The van der Waals surface area contributed by atoms with Crippen molar-refractivity contribution in [2.75, 3.05) is 19.0 Å². The lowest BCUT2D eigenvalue weighted by Gasteiger charge is -2.07. The van der Waals surface area contributed by atoms with Crippen LogP contribution < -0.4 is 15.4 Å². The van der Waals surface area contributed by atoms with E-state index in [4.69, 9.17) is 4.74 Å². The largest absolute Gasteiger partial charge is 0.481 e. The molecule has 2 rings (SSSR count). The van der Waals surface area contributed by atoms with E-state index in [9.17, 15) is 4.79 Å². The quantitative estimate of drug-likeness (QED) is 0.771. The number of carbonyl (C=O) groups is 1. The van der Waals surface area contributed by atoms with Crippen LogP contribution in [0.5, 0.6) is 5.88 Å². The zero-order valence-electron chi connectivity index (χ0n) is 9.19. The lowest BCUT2D eigenvalue weighted by molar-refractivity contribution is -0.119. The molecule has 1 aliphatic carbocycles. The molecule has 1 fully saturated rings. The third-order valence-corrected chi connectivity index (χ3v) is 2.31. The van der Waals surface area contributed by atoms with Crippen molar-refractivity contribution in [2.24, 2.45) is 0 Å². The van der Waals surface area contributed by atoms with Gasteiger partial charge in [0.1, 0.15) is 5.82 Å². The Labute approximate surface area is 94.2 Å². The number of hydrogen-bond donors (Lipinski definition) is 2. The summed E-state index contributed by atoms with van der Waals surface area (Å²) in [7, 11) is 1.56. The molecule has 0 aliphatic heterocycles. The van der Waals surface area contributed by atoms with E-state index < -0.39 is 0 Å². The second-order valence-electron chi connectivity index (χ2n) is 3.76. The van der Waals surface area contributed by atoms with Crippen LogP contribution in [0.4, 0.5) is 5.82 Å². The molecule has 1 aliphatic rings. The van der Waals surface area contributed by atoms with Crippen LogP contribution in [0.3, 0.4) is 0 Å². The summed E-state index contributed by atoms with van der Waals surface area (Å²) in [4.78, 5) is 15.5. The van der Waals surface area contributed by atoms with E-state index in [0.717, 1.165) is 12.8 Å². The first-order valence-electron chi connectivity index (χ1n) is 5.32. The molecule has 5 nitrogen and oxygen atoms in total. The van der Waals surface area contributed by atoms with Gasteiger partial charge >= 0.3 is 0 Å². The Bertz CT molecular complexity index is 377. The summed E-state index contributed by atoms with van der Waals surface area (Å²) in [6.45, 7) is 0.247. The maximum Gasteiger partial charge on any atom is 0.239 e. The summed E-state index contributed by atoms with van der Waals surface area (Å²) in [6, 6.07) is 5.78. The van der Waals surface area contributed by atoms with E-state index in [1.54, 1.807) is 19.2 Å². The van der Waals surface area contributed by atoms with Gasteiger partial charge in [0.25, 0.3) is 0 Å². The number of amides is 1. The van der Waals surface area contributed by atoms with E-state index in [1.807, 2.05) is 6.07 Å². The molecule has 1 amide bonds. The topological polar surface area (TPSA) is 63.2 Å². The van der Waals surface area contributed by atoms with Gasteiger partial charge in [0.15, 0.2) is 0 Å². The minimum absolute atomic E-state index is 0.00659. The molecular weight excluding hydrogens is 206 g/mol. The van der Waals surface area contributed by atoms with Gasteiger partial charge in [-0.1, -0.05) is 6.07 Å².